The first-order chi connectivity index (χ1) is 9.32. The van der Waals surface area contributed by atoms with Gasteiger partial charge in [0, 0.05) is 5.41 Å². The summed E-state index contributed by atoms with van der Waals surface area (Å²) in [6.07, 6.45) is -4.00. The van der Waals surface area contributed by atoms with Crippen LogP contribution in [-0.4, -0.2) is 17.9 Å². The lowest BCUT2D eigenvalue weighted by Crippen LogP contribution is -2.19. The van der Waals surface area contributed by atoms with Crippen molar-refractivity contribution in [2.24, 2.45) is 0 Å². The van der Waals surface area contributed by atoms with E-state index in [-0.39, 0.29) is 30.3 Å². The van der Waals surface area contributed by atoms with Crippen molar-refractivity contribution in [2.45, 2.75) is 30.9 Å². The van der Waals surface area contributed by atoms with Crippen LogP contribution in [0.25, 0.3) is 0 Å². The molecule has 0 radical (unpaired) electrons. The number of carboxylic acids is 1. The molecule has 1 saturated carbocycles. The van der Waals surface area contributed by atoms with Gasteiger partial charge in [-0.3, -0.25) is 4.79 Å². The van der Waals surface area contributed by atoms with Gasteiger partial charge in [-0.25, -0.2) is 0 Å². The molecule has 0 atom stereocenters. The number of carbonyl (C=O) groups is 1. The number of hydrogen-bond donors (Lipinski definition) is 1. The number of alkyl halides is 3. The second-order valence-corrected chi connectivity index (χ2v) is 5.10. The van der Waals surface area contributed by atoms with Crippen LogP contribution in [0.3, 0.4) is 0 Å². The summed E-state index contributed by atoms with van der Waals surface area (Å²) in [5.41, 5.74) is -1.77. The van der Waals surface area contributed by atoms with Crippen molar-refractivity contribution in [2.75, 3.05) is 6.79 Å². The topological polar surface area (TPSA) is 55.8 Å². The number of ether oxygens (including phenoxy) is 2. The summed E-state index contributed by atoms with van der Waals surface area (Å²) in [5.74, 6) is -0.815. The molecule has 0 unspecified atom stereocenters. The van der Waals surface area contributed by atoms with Gasteiger partial charge in [0.15, 0.2) is 11.5 Å². The molecule has 0 amide bonds. The number of halogens is 3. The van der Waals surface area contributed by atoms with Crippen LogP contribution < -0.4 is 9.47 Å². The Balaban J connectivity index is 2.12. The second-order valence-electron chi connectivity index (χ2n) is 5.10. The highest BCUT2D eigenvalue weighted by atomic mass is 19.4. The quantitative estimate of drug-likeness (QED) is 0.929. The van der Waals surface area contributed by atoms with E-state index in [9.17, 15) is 18.0 Å². The van der Waals surface area contributed by atoms with Crippen LogP contribution >= 0.6 is 0 Å². The van der Waals surface area contributed by atoms with E-state index in [1.54, 1.807) is 0 Å². The molecule has 0 aromatic heterocycles. The first kappa shape index (κ1) is 13.1. The zero-order chi connectivity index (χ0) is 14.5. The molecule has 0 saturated heterocycles. The second kappa shape index (κ2) is 4.04. The van der Waals surface area contributed by atoms with Crippen molar-refractivity contribution in [3.63, 3.8) is 0 Å². The van der Waals surface area contributed by atoms with Gasteiger partial charge < -0.3 is 14.6 Å². The van der Waals surface area contributed by atoms with Gasteiger partial charge in [-0.2, -0.15) is 13.2 Å². The van der Waals surface area contributed by atoms with Crippen LogP contribution in [0.15, 0.2) is 12.1 Å². The van der Waals surface area contributed by atoms with Crippen molar-refractivity contribution in [3.05, 3.63) is 23.3 Å². The van der Waals surface area contributed by atoms with Crippen LogP contribution in [0.4, 0.5) is 13.2 Å². The van der Waals surface area contributed by atoms with Crippen molar-refractivity contribution < 1.29 is 32.5 Å². The summed E-state index contributed by atoms with van der Waals surface area (Å²) in [5, 5.41) is 8.90. The Labute approximate surface area is 112 Å². The smallest absolute Gasteiger partial charge is 0.416 e. The number of benzene rings is 1. The van der Waals surface area contributed by atoms with Crippen molar-refractivity contribution in [1.82, 2.24) is 0 Å². The Morgan fingerprint density at radius 2 is 1.85 bits per heavy atom. The molecule has 1 aliphatic carbocycles. The van der Waals surface area contributed by atoms with Crippen molar-refractivity contribution >= 4 is 5.97 Å². The van der Waals surface area contributed by atoms with E-state index >= 15 is 0 Å². The van der Waals surface area contributed by atoms with Gasteiger partial charge in [0.2, 0.25) is 6.79 Å². The number of aliphatic carboxylic acids is 1. The molecular weight excluding hydrogens is 277 g/mol. The van der Waals surface area contributed by atoms with Crippen molar-refractivity contribution in [3.8, 4) is 11.5 Å². The SMILES string of the molecule is O=C(O)CC1(c2cc3c(cc2C(F)(F)F)OCO3)CC1. The van der Waals surface area contributed by atoms with E-state index in [0.717, 1.165) is 6.07 Å². The zero-order valence-corrected chi connectivity index (χ0v) is 10.3. The highest BCUT2D eigenvalue weighted by molar-refractivity contribution is 5.71. The van der Waals surface area contributed by atoms with Crippen molar-refractivity contribution in [1.29, 1.82) is 0 Å². The molecule has 1 aliphatic heterocycles. The molecule has 7 heteroatoms. The first-order valence-corrected chi connectivity index (χ1v) is 6.05. The lowest BCUT2D eigenvalue weighted by atomic mass is 9.87. The van der Waals surface area contributed by atoms with Crippen LogP contribution in [0, 0.1) is 0 Å². The summed E-state index contributed by atoms with van der Waals surface area (Å²) in [7, 11) is 0. The molecule has 108 valence electrons. The fraction of sp³-hybridized carbons (Fsp3) is 0.462. The predicted octanol–water partition coefficient (Wildman–Crippen LogP) is 2.94. The summed E-state index contributed by atoms with van der Waals surface area (Å²) in [4.78, 5) is 10.9. The molecule has 1 N–H and O–H groups in total. The zero-order valence-electron chi connectivity index (χ0n) is 10.3. The molecule has 1 aromatic rings. The molecule has 20 heavy (non-hydrogen) atoms. The standard InChI is InChI=1S/C13H11F3O4/c14-13(15,16)8-4-10-9(19-6-20-10)3-7(8)12(1-2-12)5-11(17)18/h3-4H,1-2,5-6H2,(H,17,18). The summed E-state index contributed by atoms with van der Waals surface area (Å²) < 4.78 is 49.6. The van der Waals surface area contributed by atoms with Gasteiger partial charge in [0.25, 0.3) is 0 Å². The summed E-state index contributed by atoms with van der Waals surface area (Å²) in [6.45, 7) is -0.123. The van der Waals surface area contributed by atoms with E-state index in [4.69, 9.17) is 14.6 Å². The lowest BCUT2D eigenvalue weighted by Gasteiger charge is -2.20. The van der Waals surface area contributed by atoms with Crippen LogP contribution in [0.5, 0.6) is 11.5 Å². The normalized spacial score (nSPS) is 18.9. The monoisotopic (exact) mass is 288 g/mol. The molecule has 1 fully saturated rings. The fourth-order valence-electron chi connectivity index (χ4n) is 2.60. The maximum atomic E-state index is 13.2. The Morgan fingerprint density at radius 1 is 1.25 bits per heavy atom. The van der Waals surface area contributed by atoms with E-state index in [1.807, 2.05) is 0 Å². The van der Waals surface area contributed by atoms with E-state index in [2.05, 4.69) is 0 Å². The molecule has 0 bridgehead atoms. The Morgan fingerprint density at radius 3 is 2.35 bits per heavy atom. The highest BCUT2D eigenvalue weighted by Crippen LogP contribution is 2.56. The Kier molecular flexibility index (Phi) is 2.64. The maximum absolute atomic E-state index is 13.2. The predicted molar refractivity (Wildman–Crippen MR) is 60.7 cm³/mol. The fourth-order valence-corrected chi connectivity index (χ4v) is 2.60. The number of hydrogen-bond acceptors (Lipinski definition) is 3. The molecule has 4 nitrogen and oxygen atoms in total. The molecule has 1 aromatic carbocycles. The molecule has 3 rings (SSSR count). The first-order valence-electron chi connectivity index (χ1n) is 6.05. The lowest BCUT2D eigenvalue weighted by molar-refractivity contribution is -0.141. The van der Waals surface area contributed by atoms with Gasteiger partial charge in [-0.1, -0.05) is 0 Å². The molecular formula is C13H11F3O4. The minimum absolute atomic E-state index is 0.00310. The van der Waals surface area contributed by atoms with E-state index in [0.29, 0.717) is 12.8 Å². The van der Waals surface area contributed by atoms with Gasteiger partial charge in [-0.05, 0) is 30.5 Å². The third-order valence-electron chi connectivity index (χ3n) is 3.73. The molecule has 0 spiro atoms. The third-order valence-corrected chi connectivity index (χ3v) is 3.73. The van der Waals surface area contributed by atoms with E-state index in [1.165, 1.54) is 6.07 Å². The van der Waals surface area contributed by atoms with Crippen LogP contribution in [0.1, 0.15) is 30.4 Å². The van der Waals surface area contributed by atoms with E-state index < -0.39 is 23.1 Å². The van der Waals surface area contributed by atoms with Gasteiger partial charge in [0.1, 0.15) is 0 Å². The number of rotatable bonds is 3. The summed E-state index contributed by atoms with van der Waals surface area (Å²) in [6, 6.07) is 2.18. The Bertz CT molecular complexity index is 576. The Hall–Kier alpha value is -1.92. The van der Waals surface area contributed by atoms with Gasteiger partial charge in [0.05, 0.1) is 12.0 Å². The summed E-state index contributed by atoms with van der Waals surface area (Å²) >= 11 is 0. The largest absolute Gasteiger partial charge is 0.481 e. The maximum Gasteiger partial charge on any atom is 0.416 e. The highest BCUT2D eigenvalue weighted by Gasteiger charge is 2.51. The number of fused-ring (bicyclic) bond motifs is 1. The van der Waals surface area contributed by atoms with Gasteiger partial charge in [-0.15, -0.1) is 0 Å². The third kappa shape index (κ3) is 2.07. The van der Waals surface area contributed by atoms with Gasteiger partial charge >= 0.3 is 12.1 Å². The van der Waals surface area contributed by atoms with Crippen LogP contribution in [-0.2, 0) is 16.4 Å². The number of carboxylic acid groups (broad SMARTS) is 1. The molecule has 1 heterocycles. The minimum atomic E-state index is -4.55. The minimum Gasteiger partial charge on any atom is -0.481 e. The molecule has 2 aliphatic rings. The van der Waals surface area contributed by atoms with Crippen LogP contribution in [0.2, 0.25) is 0 Å². The average molecular weight is 288 g/mol. The average Bonchev–Trinajstić information content (AvgIpc) is 2.95.